The Kier molecular flexibility index (Phi) is 4.44. The molecule has 0 aliphatic rings. The summed E-state index contributed by atoms with van der Waals surface area (Å²) in [6.07, 6.45) is 0. The zero-order valence-electron chi connectivity index (χ0n) is 12.5. The van der Waals surface area contributed by atoms with Gasteiger partial charge in [-0.25, -0.2) is 9.48 Å². The molecule has 0 saturated carbocycles. The Morgan fingerprint density at radius 3 is 2.83 bits per heavy atom. The summed E-state index contributed by atoms with van der Waals surface area (Å²) in [5.74, 6) is 0.437. The summed E-state index contributed by atoms with van der Waals surface area (Å²) < 4.78 is 4.24. The van der Waals surface area contributed by atoms with Crippen LogP contribution in [0.4, 0.5) is 0 Å². The van der Waals surface area contributed by atoms with Gasteiger partial charge in [-0.15, -0.1) is 16.4 Å². The third kappa shape index (κ3) is 3.27. The van der Waals surface area contributed by atoms with Crippen molar-refractivity contribution in [2.45, 2.75) is 17.5 Å². The van der Waals surface area contributed by atoms with Crippen molar-refractivity contribution >= 4 is 23.1 Å². The number of aromatic nitrogens is 6. The lowest BCUT2D eigenvalue weighted by atomic mass is 10.4. The summed E-state index contributed by atoms with van der Waals surface area (Å²) in [7, 11) is 3.11. The Morgan fingerprint density at radius 2 is 2.09 bits per heavy atom. The third-order valence-electron chi connectivity index (χ3n) is 3.36. The fourth-order valence-electron chi connectivity index (χ4n) is 2.00. The molecule has 3 heterocycles. The smallest absolute Gasteiger partial charge is 0.300 e. The molecule has 0 unspecified atom stereocenters. The second-order valence-corrected chi connectivity index (χ2v) is 6.84. The van der Waals surface area contributed by atoms with Crippen molar-refractivity contribution in [2.75, 3.05) is 0 Å². The second-order valence-electron chi connectivity index (χ2n) is 4.86. The maximum Gasteiger partial charge on any atom is 0.330 e. The molecule has 0 aromatic carbocycles. The molecule has 0 fully saturated rings. The summed E-state index contributed by atoms with van der Waals surface area (Å²) in [5.41, 5.74) is -0.0260. The Morgan fingerprint density at radius 1 is 1.26 bits per heavy atom. The van der Waals surface area contributed by atoms with Crippen LogP contribution in [0.15, 0.2) is 38.3 Å². The van der Waals surface area contributed by atoms with Gasteiger partial charge in [-0.05, 0) is 21.9 Å². The maximum atomic E-state index is 11.9. The van der Waals surface area contributed by atoms with Gasteiger partial charge in [0.25, 0.3) is 5.56 Å². The van der Waals surface area contributed by atoms with E-state index in [1.165, 1.54) is 29.4 Å². The topological polar surface area (TPSA) is 87.6 Å². The molecule has 23 heavy (non-hydrogen) atoms. The molecule has 0 bridgehead atoms. The predicted molar refractivity (Wildman–Crippen MR) is 87.7 cm³/mol. The van der Waals surface area contributed by atoms with Crippen molar-refractivity contribution in [3.63, 3.8) is 0 Å². The van der Waals surface area contributed by atoms with Gasteiger partial charge in [0, 0.05) is 36.5 Å². The van der Waals surface area contributed by atoms with Crippen LogP contribution in [0.2, 0.25) is 0 Å². The van der Waals surface area contributed by atoms with Gasteiger partial charge in [-0.3, -0.25) is 13.9 Å². The molecule has 0 spiro atoms. The first kappa shape index (κ1) is 15.7. The molecule has 3 rings (SSSR count). The molecule has 0 aliphatic carbocycles. The molecule has 120 valence electrons. The number of thiophene rings is 1. The number of rotatable bonds is 5. The van der Waals surface area contributed by atoms with Crippen LogP contribution < -0.4 is 11.2 Å². The van der Waals surface area contributed by atoms with E-state index in [-0.39, 0.29) is 11.2 Å². The Bertz CT molecular complexity index is 925. The minimum absolute atomic E-state index is 0.318. The largest absolute Gasteiger partial charge is 0.330 e. The van der Waals surface area contributed by atoms with E-state index in [9.17, 15) is 9.59 Å². The van der Waals surface area contributed by atoms with Crippen LogP contribution in [-0.4, -0.2) is 29.3 Å². The fourth-order valence-corrected chi connectivity index (χ4v) is 3.59. The van der Waals surface area contributed by atoms with Crippen molar-refractivity contribution in [1.82, 2.24) is 29.3 Å². The molecule has 0 radical (unpaired) electrons. The monoisotopic (exact) mass is 350 g/mol. The highest BCUT2D eigenvalue weighted by Gasteiger charge is 2.11. The van der Waals surface area contributed by atoms with E-state index in [1.54, 1.807) is 23.1 Å². The van der Waals surface area contributed by atoms with E-state index in [4.69, 9.17) is 0 Å². The fraction of sp³-hybridized carbons (Fsp3) is 0.308. The molecule has 0 N–H and O–H groups in total. The first-order valence-corrected chi connectivity index (χ1v) is 8.60. The average molecular weight is 350 g/mol. The number of hydrogen-bond acceptors (Lipinski definition) is 7. The van der Waals surface area contributed by atoms with Crippen molar-refractivity contribution in [3.05, 3.63) is 55.0 Å². The normalized spacial score (nSPS) is 11.0. The molecule has 3 aromatic heterocycles. The molecule has 0 amide bonds. The summed E-state index contributed by atoms with van der Waals surface area (Å²) in [5, 5.41) is 14.3. The zero-order chi connectivity index (χ0) is 16.4. The van der Waals surface area contributed by atoms with Crippen LogP contribution >= 0.6 is 23.1 Å². The van der Waals surface area contributed by atoms with Gasteiger partial charge in [0.2, 0.25) is 5.16 Å². The highest BCUT2D eigenvalue weighted by Crippen LogP contribution is 2.20. The van der Waals surface area contributed by atoms with Crippen molar-refractivity contribution in [3.8, 4) is 0 Å². The third-order valence-corrected chi connectivity index (χ3v) is 5.21. The van der Waals surface area contributed by atoms with Crippen LogP contribution in [0.1, 0.15) is 10.6 Å². The highest BCUT2D eigenvalue weighted by atomic mass is 32.2. The van der Waals surface area contributed by atoms with Gasteiger partial charge in [-0.1, -0.05) is 17.8 Å². The van der Waals surface area contributed by atoms with Crippen LogP contribution in [0.25, 0.3) is 0 Å². The van der Waals surface area contributed by atoms with Gasteiger partial charge in [0.05, 0.1) is 6.54 Å². The lowest BCUT2D eigenvalue weighted by Crippen LogP contribution is -2.37. The first-order valence-electron chi connectivity index (χ1n) is 6.73. The Balaban J connectivity index is 1.79. The molecule has 10 heteroatoms. The van der Waals surface area contributed by atoms with Gasteiger partial charge in [0.1, 0.15) is 0 Å². The van der Waals surface area contributed by atoms with E-state index in [1.807, 2.05) is 17.5 Å². The van der Waals surface area contributed by atoms with Crippen LogP contribution in [0.3, 0.4) is 0 Å². The summed E-state index contributed by atoms with van der Waals surface area (Å²) >= 11 is 3.03. The van der Waals surface area contributed by atoms with Crippen molar-refractivity contribution in [1.29, 1.82) is 0 Å². The van der Waals surface area contributed by atoms with Gasteiger partial charge < -0.3 is 0 Å². The molecular weight excluding hydrogens is 336 g/mol. The number of thioether (sulfide) groups is 1. The summed E-state index contributed by atoms with van der Waals surface area (Å²) in [4.78, 5) is 24.8. The van der Waals surface area contributed by atoms with Crippen LogP contribution in [-0.2, 0) is 26.4 Å². The van der Waals surface area contributed by atoms with Gasteiger partial charge in [-0.2, -0.15) is 0 Å². The minimum Gasteiger partial charge on any atom is -0.300 e. The molecule has 8 nitrogen and oxygen atoms in total. The maximum absolute atomic E-state index is 11.9. The molecule has 3 aromatic rings. The van der Waals surface area contributed by atoms with E-state index in [0.29, 0.717) is 23.1 Å². The highest BCUT2D eigenvalue weighted by molar-refractivity contribution is 7.98. The van der Waals surface area contributed by atoms with E-state index < -0.39 is 0 Å². The molecule has 0 saturated heterocycles. The standard InChI is InChI=1S/C13H14N6O2S2/c1-17-9(6-11(20)18(2)13(17)21)8-23-12-14-15-16-19(12)7-10-4-3-5-22-10/h3-6H,7-8H2,1-2H3. The van der Waals surface area contributed by atoms with E-state index >= 15 is 0 Å². The summed E-state index contributed by atoms with van der Waals surface area (Å²) in [6.45, 7) is 0.600. The van der Waals surface area contributed by atoms with Gasteiger partial charge in [0.15, 0.2) is 0 Å². The van der Waals surface area contributed by atoms with Crippen molar-refractivity contribution in [2.24, 2.45) is 14.1 Å². The lowest BCUT2D eigenvalue weighted by Gasteiger charge is -2.08. The predicted octanol–water partition coefficient (Wildman–Crippen LogP) is 0.473. The molecule has 0 atom stereocenters. The number of nitrogens with zero attached hydrogens (tertiary/aromatic N) is 6. The van der Waals surface area contributed by atoms with Crippen LogP contribution in [0, 0.1) is 0 Å². The number of hydrogen-bond donors (Lipinski definition) is 0. The van der Waals surface area contributed by atoms with E-state index in [0.717, 1.165) is 9.44 Å². The second kappa shape index (κ2) is 6.50. The Hall–Kier alpha value is -2.20. The zero-order valence-corrected chi connectivity index (χ0v) is 14.2. The average Bonchev–Trinajstić information content (AvgIpc) is 3.20. The lowest BCUT2D eigenvalue weighted by molar-refractivity contribution is 0.608. The van der Waals surface area contributed by atoms with Crippen molar-refractivity contribution < 1.29 is 0 Å². The SMILES string of the molecule is Cn1c(CSc2nnnn2Cc2cccs2)cc(=O)n(C)c1=O. The first-order chi connectivity index (χ1) is 11.1. The quantitative estimate of drug-likeness (QED) is 0.622. The van der Waals surface area contributed by atoms with Gasteiger partial charge >= 0.3 is 5.69 Å². The molecule has 0 aliphatic heterocycles. The minimum atomic E-state index is -0.341. The van der Waals surface area contributed by atoms with E-state index in [2.05, 4.69) is 15.5 Å². The van der Waals surface area contributed by atoms with Crippen LogP contribution in [0.5, 0.6) is 0 Å². The number of tetrazole rings is 1. The Labute approximate surface area is 139 Å². The molecular formula is C13H14N6O2S2. The summed E-state index contributed by atoms with van der Waals surface area (Å²) in [6, 6.07) is 5.46.